The maximum absolute atomic E-state index is 13.7. The van der Waals surface area contributed by atoms with E-state index in [2.05, 4.69) is 0 Å². The topological polar surface area (TPSA) is 40.6 Å². The maximum atomic E-state index is 13.7. The van der Waals surface area contributed by atoms with Crippen molar-refractivity contribution in [1.82, 2.24) is 9.80 Å². The van der Waals surface area contributed by atoms with Crippen LogP contribution in [0, 0.1) is 18.7 Å². The summed E-state index contributed by atoms with van der Waals surface area (Å²) in [6.45, 7) is 4.81. The highest BCUT2D eigenvalue weighted by atomic mass is 19.1. The molecule has 1 fully saturated rings. The molecule has 0 N–H and O–H groups in total. The van der Waals surface area contributed by atoms with Gasteiger partial charge in [-0.05, 0) is 36.1 Å². The zero-order valence-electron chi connectivity index (χ0n) is 16.7. The summed E-state index contributed by atoms with van der Waals surface area (Å²) in [5.41, 5.74) is 2.64. The summed E-state index contributed by atoms with van der Waals surface area (Å²) in [5.74, 6) is -0.471. The second-order valence-electron chi connectivity index (χ2n) is 7.74. The highest BCUT2D eigenvalue weighted by Crippen LogP contribution is 2.32. The molecule has 2 aromatic rings. The predicted molar refractivity (Wildman–Crippen MR) is 107 cm³/mol. The first-order valence-corrected chi connectivity index (χ1v) is 9.65. The highest BCUT2D eigenvalue weighted by molar-refractivity contribution is 5.81. The smallest absolute Gasteiger partial charge is 0.227 e. The Morgan fingerprint density at radius 1 is 1.14 bits per heavy atom. The number of rotatable bonds is 4. The zero-order chi connectivity index (χ0) is 20.3. The summed E-state index contributed by atoms with van der Waals surface area (Å²) in [4.78, 5) is 28.6. The lowest BCUT2D eigenvalue weighted by Crippen LogP contribution is -2.47. The van der Waals surface area contributed by atoms with Crippen LogP contribution in [-0.2, 0) is 16.1 Å². The van der Waals surface area contributed by atoms with Gasteiger partial charge in [-0.2, -0.15) is 0 Å². The molecule has 0 unspecified atom stereocenters. The van der Waals surface area contributed by atoms with Gasteiger partial charge < -0.3 is 9.80 Å². The van der Waals surface area contributed by atoms with Crippen molar-refractivity contribution in [3.8, 4) is 0 Å². The minimum atomic E-state index is -0.262. The van der Waals surface area contributed by atoms with Crippen LogP contribution in [0.5, 0.6) is 0 Å². The second-order valence-corrected chi connectivity index (χ2v) is 7.74. The Hall–Kier alpha value is -2.69. The van der Waals surface area contributed by atoms with Crippen LogP contribution in [0.1, 0.15) is 36.0 Å². The van der Waals surface area contributed by atoms with E-state index in [1.807, 2.05) is 36.4 Å². The molecule has 1 aliphatic rings. The Morgan fingerprint density at radius 2 is 1.86 bits per heavy atom. The van der Waals surface area contributed by atoms with Crippen molar-refractivity contribution in [3.63, 3.8) is 0 Å². The van der Waals surface area contributed by atoms with Gasteiger partial charge in [0.1, 0.15) is 5.82 Å². The molecule has 2 amide bonds. The number of halogens is 1. The molecule has 4 nitrogen and oxygen atoms in total. The van der Waals surface area contributed by atoms with E-state index < -0.39 is 0 Å². The summed E-state index contributed by atoms with van der Waals surface area (Å²) >= 11 is 0. The van der Waals surface area contributed by atoms with Crippen molar-refractivity contribution in [2.45, 2.75) is 32.7 Å². The van der Waals surface area contributed by atoms with E-state index in [0.717, 1.165) is 11.1 Å². The Morgan fingerprint density at radius 3 is 2.50 bits per heavy atom. The first kappa shape index (κ1) is 20.1. The normalized spacial score (nSPS) is 19.4. The lowest BCUT2D eigenvalue weighted by Gasteiger charge is -2.38. The van der Waals surface area contributed by atoms with Gasteiger partial charge in [0.2, 0.25) is 11.8 Å². The second kappa shape index (κ2) is 8.55. The van der Waals surface area contributed by atoms with Gasteiger partial charge in [-0.25, -0.2) is 4.39 Å². The van der Waals surface area contributed by atoms with Crippen LogP contribution in [0.15, 0.2) is 48.5 Å². The number of hydrogen-bond donors (Lipinski definition) is 0. The Kier molecular flexibility index (Phi) is 6.12. The van der Waals surface area contributed by atoms with Crippen LogP contribution in [0.2, 0.25) is 0 Å². The Labute approximate surface area is 166 Å². The van der Waals surface area contributed by atoms with E-state index in [0.29, 0.717) is 31.6 Å². The molecule has 0 aliphatic carbocycles. The molecule has 0 spiro atoms. The molecule has 5 heteroatoms. The average Bonchev–Trinajstić information content (AvgIpc) is 2.69. The summed E-state index contributed by atoms with van der Waals surface area (Å²) in [7, 11) is 1.80. The third kappa shape index (κ3) is 4.58. The maximum Gasteiger partial charge on any atom is 0.227 e. The number of carbonyl (C=O) groups excluding carboxylic acids is 2. The lowest BCUT2D eigenvalue weighted by molar-refractivity contribution is -0.140. The highest BCUT2D eigenvalue weighted by Gasteiger charge is 2.35. The molecule has 1 saturated heterocycles. The van der Waals surface area contributed by atoms with Crippen LogP contribution in [-0.4, -0.2) is 41.8 Å². The number of aryl methyl sites for hydroxylation is 1. The van der Waals surface area contributed by atoms with Gasteiger partial charge >= 0.3 is 0 Å². The van der Waals surface area contributed by atoms with Gasteiger partial charge in [0.15, 0.2) is 0 Å². The summed E-state index contributed by atoms with van der Waals surface area (Å²) in [6, 6.07) is 14.9. The molecular formula is C23H27FN2O2. The molecule has 0 bridgehead atoms. The van der Waals surface area contributed by atoms with Crippen LogP contribution >= 0.6 is 0 Å². The molecule has 2 atom stereocenters. The molecule has 1 aliphatic heterocycles. The van der Waals surface area contributed by atoms with Gasteiger partial charge in [-0.1, -0.05) is 42.5 Å². The molecule has 28 heavy (non-hydrogen) atoms. The van der Waals surface area contributed by atoms with Gasteiger partial charge in [-0.3, -0.25) is 9.59 Å². The van der Waals surface area contributed by atoms with Gasteiger partial charge in [0.25, 0.3) is 0 Å². The third-order valence-electron chi connectivity index (χ3n) is 5.54. The SMILES string of the molecule is CC(=O)N1C[C@H](C(=O)N(C)Cc2ccccc2)C[C@@H](c2ccc(F)c(C)c2)C1. The average molecular weight is 382 g/mol. The van der Waals surface area contributed by atoms with E-state index in [9.17, 15) is 14.0 Å². The van der Waals surface area contributed by atoms with E-state index in [1.165, 1.54) is 13.0 Å². The molecule has 148 valence electrons. The van der Waals surface area contributed by atoms with Crippen molar-refractivity contribution in [1.29, 1.82) is 0 Å². The fraction of sp³-hybridized carbons (Fsp3) is 0.391. The largest absolute Gasteiger partial charge is 0.342 e. The number of benzene rings is 2. The Bertz CT molecular complexity index is 853. The minimum absolute atomic E-state index is 0.0241. The van der Waals surface area contributed by atoms with Gasteiger partial charge in [-0.15, -0.1) is 0 Å². The number of carbonyl (C=O) groups is 2. The van der Waals surface area contributed by atoms with E-state index in [1.54, 1.807) is 29.8 Å². The number of amides is 2. The van der Waals surface area contributed by atoms with Crippen molar-refractivity contribution >= 4 is 11.8 Å². The van der Waals surface area contributed by atoms with Crippen LogP contribution in [0.4, 0.5) is 4.39 Å². The van der Waals surface area contributed by atoms with Crippen LogP contribution in [0.3, 0.4) is 0 Å². The predicted octanol–water partition coefficient (Wildman–Crippen LogP) is 3.74. The molecule has 0 aromatic heterocycles. The van der Waals surface area contributed by atoms with Gasteiger partial charge in [0, 0.05) is 39.5 Å². The van der Waals surface area contributed by atoms with E-state index >= 15 is 0 Å². The van der Waals surface area contributed by atoms with Crippen molar-refractivity contribution in [2.75, 3.05) is 20.1 Å². The van der Waals surface area contributed by atoms with Crippen molar-refractivity contribution in [3.05, 3.63) is 71.0 Å². The van der Waals surface area contributed by atoms with E-state index in [4.69, 9.17) is 0 Å². The minimum Gasteiger partial charge on any atom is -0.342 e. The summed E-state index contributed by atoms with van der Waals surface area (Å²) in [5, 5.41) is 0. The number of hydrogen-bond acceptors (Lipinski definition) is 2. The number of likely N-dealkylation sites (tertiary alicyclic amines) is 1. The van der Waals surface area contributed by atoms with Crippen molar-refractivity contribution in [2.24, 2.45) is 5.92 Å². The molecule has 0 radical (unpaired) electrons. The van der Waals surface area contributed by atoms with Crippen LogP contribution in [0.25, 0.3) is 0 Å². The summed E-state index contributed by atoms with van der Waals surface area (Å²) < 4.78 is 13.7. The zero-order valence-corrected chi connectivity index (χ0v) is 16.7. The first-order valence-electron chi connectivity index (χ1n) is 9.65. The lowest BCUT2D eigenvalue weighted by atomic mass is 9.83. The number of nitrogens with zero attached hydrogens (tertiary/aromatic N) is 2. The molecular weight excluding hydrogens is 355 g/mol. The quantitative estimate of drug-likeness (QED) is 0.808. The summed E-state index contributed by atoms with van der Waals surface area (Å²) in [6.07, 6.45) is 0.660. The van der Waals surface area contributed by atoms with Gasteiger partial charge in [0.05, 0.1) is 5.92 Å². The standard InChI is InChI=1S/C23H27FN2O2/c1-16-11-19(9-10-22(16)24)20-12-21(15-26(14-20)17(2)27)23(28)25(3)13-18-7-5-4-6-8-18/h4-11,20-21H,12-15H2,1-3H3/t20-,21-/m1/s1. The monoisotopic (exact) mass is 382 g/mol. The first-order chi connectivity index (χ1) is 13.3. The fourth-order valence-corrected chi connectivity index (χ4v) is 3.95. The molecule has 3 rings (SSSR count). The molecule has 0 saturated carbocycles. The Balaban J connectivity index is 1.78. The third-order valence-corrected chi connectivity index (χ3v) is 5.54. The number of piperidine rings is 1. The molecule has 2 aromatic carbocycles. The fourth-order valence-electron chi connectivity index (χ4n) is 3.95. The molecule has 1 heterocycles. The van der Waals surface area contributed by atoms with Crippen molar-refractivity contribution < 1.29 is 14.0 Å². The van der Waals surface area contributed by atoms with E-state index in [-0.39, 0.29) is 29.5 Å². The van der Waals surface area contributed by atoms with Crippen LogP contribution < -0.4 is 0 Å².